The third-order valence-corrected chi connectivity index (χ3v) is 5.65. The predicted octanol–water partition coefficient (Wildman–Crippen LogP) is 3.64. The van der Waals surface area contributed by atoms with Crippen LogP contribution >= 0.6 is 0 Å². The summed E-state index contributed by atoms with van der Waals surface area (Å²) < 4.78 is 0. The van der Waals surface area contributed by atoms with Gasteiger partial charge in [0.2, 0.25) is 11.8 Å². The van der Waals surface area contributed by atoms with E-state index in [1.807, 2.05) is 4.90 Å². The van der Waals surface area contributed by atoms with Crippen molar-refractivity contribution >= 4 is 11.8 Å². The fraction of sp³-hybridized carbons (Fsp3) is 0.895. The van der Waals surface area contributed by atoms with Gasteiger partial charge in [0.25, 0.3) is 0 Å². The standard InChI is InChI=1S/C19H34N2O2/c1-4-16-13-9-10-14-21(16)18(23)19(2,3)17(22)20-15-11-7-5-6-8-12-15/h15-16H,4-14H2,1-3H3,(H,20,22). The fourth-order valence-electron chi connectivity index (χ4n) is 3.94. The van der Waals surface area contributed by atoms with E-state index in [-0.39, 0.29) is 17.9 Å². The number of carbonyl (C=O) groups excluding carboxylic acids is 2. The number of rotatable bonds is 4. The van der Waals surface area contributed by atoms with Gasteiger partial charge in [-0.05, 0) is 52.4 Å². The summed E-state index contributed by atoms with van der Waals surface area (Å²) in [6, 6.07) is 0.557. The third-order valence-electron chi connectivity index (χ3n) is 5.65. The molecule has 23 heavy (non-hydrogen) atoms. The van der Waals surface area contributed by atoms with Gasteiger partial charge in [0.1, 0.15) is 5.41 Å². The lowest BCUT2D eigenvalue weighted by molar-refractivity contribution is -0.151. The van der Waals surface area contributed by atoms with Gasteiger partial charge in [0, 0.05) is 18.6 Å². The van der Waals surface area contributed by atoms with Crippen molar-refractivity contribution in [3.05, 3.63) is 0 Å². The molecule has 2 amide bonds. The van der Waals surface area contributed by atoms with Crippen LogP contribution in [-0.4, -0.2) is 35.3 Å². The quantitative estimate of drug-likeness (QED) is 0.634. The minimum absolute atomic E-state index is 0.00942. The molecule has 0 aromatic heterocycles. The highest BCUT2D eigenvalue weighted by molar-refractivity contribution is 6.04. The first-order valence-corrected chi connectivity index (χ1v) is 9.59. The van der Waals surface area contributed by atoms with E-state index in [9.17, 15) is 9.59 Å². The Balaban J connectivity index is 2.00. The van der Waals surface area contributed by atoms with Gasteiger partial charge in [-0.2, -0.15) is 0 Å². The average molecular weight is 322 g/mol. The van der Waals surface area contributed by atoms with Crippen molar-refractivity contribution in [2.45, 2.75) is 97.1 Å². The van der Waals surface area contributed by atoms with Crippen LogP contribution in [0.2, 0.25) is 0 Å². The maximum atomic E-state index is 13.0. The molecule has 1 aliphatic heterocycles. The Kier molecular flexibility index (Phi) is 6.49. The number of likely N-dealkylation sites (tertiary alicyclic amines) is 1. The topological polar surface area (TPSA) is 49.4 Å². The van der Waals surface area contributed by atoms with Gasteiger partial charge >= 0.3 is 0 Å². The lowest BCUT2D eigenvalue weighted by atomic mass is 9.87. The van der Waals surface area contributed by atoms with Crippen molar-refractivity contribution < 1.29 is 9.59 Å². The number of hydrogen-bond donors (Lipinski definition) is 1. The smallest absolute Gasteiger partial charge is 0.237 e. The minimum Gasteiger partial charge on any atom is -0.352 e. The van der Waals surface area contributed by atoms with Crippen LogP contribution in [0, 0.1) is 5.41 Å². The summed E-state index contributed by atoms with van der Waals surface area (Å²) >= 11 is 0. The van der Waals surface area contributed by atoms with Crippen molar-refractivity contribution in [1.82, 2.24) is 10.2 Å². The molecule has 1 saturated heterocycles. The first-order chi connectivity index (χ1) is 11.0. The second-order valence-electron chi connectivity index (χ2n) is 7.84. The van der Waals surface area contributed by atoms with E-state index in [4.69, 9.17) is 0 Å². The van der Waals surface area contributed by atoms with Crippen molar-refractivity contribution in [2.75, 3.05) is 6.54 Å². The maximum Gasteiger partial charge on any atom is 0.237 e. The number of amides is 2. The number of piperidine rings is 1. The highest BCUT2D eigenvalue weighted by Gasteiger charge is 2.42. The number of nitrogens with zero attached hydrogens (tertiary/aromatic N) is 1. The van der Waals surface area contributed by atoms with Crippen LogP contribution in [0.1, 0.15) is 85.0 Å². The second-order valence-corrected chi connectivity index (χ2v) is 7.84. The molecule has 2 fully saturated rings. The Bertz CT molecular complexity index is 412. The average Bonchev–Trinajstić information content (AvgIpc) is 2.82. The van der Waals surface area contributed by atoms with Gasteiger partial charge in [0.05, 0.1) is 0 Å². The third kappa shape index (κ3) is 4.48. The van der Waals surface area contributed by atoms with E-state index in [0.717, 1.165) is 38.6 Å². The Labute approximate surface area is 141 Å². The Morgan fingerprint density at radius 2 is 1.61 bits per heavy atom. The number of nitrogens with one attached hydrogen (secondary N) is 1. The zero-order chi connectivity index (χ0) is 16.9. The van der Waals surface area contributed by atoms with Crippen LogP contribution in [0.4, 0.5) is 0 Å². The molecule has 1 unspecified atom stereocenters. The monoisotopic (exact) mass is 322 g/mol. The van der Waals surface area contributed by atoms with Gasteiger partial charge in [-0.1, -0.05) is 32.6 Å². The normalized spacial score (nSPS) is 24.1. The molecule has 2 aliphatic rings. The van der Waals surface area contributed by atoms with Crippen LogP contribution in [0.15, 0.2) is 0 Å². The summed E-state index contributed by atoms with van der Waals surface area (Å²) in [5.74, 6) is -0.0787. The van der Waals surface area contributed by atoms with Gasteiger partial charge in [-0.3, -0.25) is 9.59 Å². The minimum atomic E-state index is -0.961. The van der Waals surface area contributed by atoms with Crippen LogP contribution in [-0.2, 0) is 9.59 Å². The Morgan fingerprint density at radius 3 is 2.22 bits per heavy atom. The number of carbonyl (C=O) groups is 2. The van der Waals surface area contributed by atoms with Crippen LogP contribution in [0.5, 0.6) is 0 Å². The lowest BCUT2D eigenvalue weighted by Gasteiger charge is -2.39. The Hall–Kier alpha value is -1.06. The molecular formula is C19H34N2O2. The molecule has 0 radical (unpaired) electrons. The molecule has 1 heterocycles. The van der Waals surface area contributed by atoms with Gasteiger partial charge in [-0.25, -0.2) is 0 Å². The van der Waals surface area contributed by atoms with Crippen molar-refractivity contribution in [3.63, 3.8) is 0 Å². The maximum absolute atomic E-state index is 13.0. The molecule has 132 valence electrons. The molecule has 4 nitrogen and oxygen atoms in total. The zero-order valence-corrected chi connectivity index (χ0v) is 15.2. The molecule has 2 rings (SSSR count). The van der Waals surface area contributed by atoms with Crippen molar-refractivity contribution in [3.8, 4) is 0 Å². The molecule has 0 spiro atoms. The van der Waals surface area contributed by atoms with Crippen molar-refractivity contribution in [2.24, 2.45) is 5.41 Å². The number of hydrogen-bond acceptors (Lipinski definition) is 2. The predicted molar refractivity (Wildman–Crippen MR) is 93.1 cm³/mol. The van der Waals surface area contributed by atoms with E-state index in [2.05, 4.69) is 12.2 Å². The van der Waals surface area contributed by atoms with E-state index < -0.39 is 5.41 Å². The molecule has 4 heteroatoms. The summed E-state index contributed by atoms with van der Waals surface area (Å²) in [5.41, 5.74) is -0.961. The molecule has 1 aliphatic carbocycles. The van der Waals surface area contributed by atoms with Crippen LogP contribution < -0.4 is 5.32 Å². The molecule has 0 bridgehead atoms. The summed E-state index contributed by atoms with van der Waals surface area (Å²) in [7, 11) is 0. The van der Waals surface area contributed by atoms with Crippen molar-refractivity contribution in [1.29, 1.82) is 0 Å². The molecular weight excluding hydrogens is 288 g/mol. The SMILES string of the molecule is CCC1CCCCN1C(=O)C(C)(C)C(=O)NC1CCCCCC1. The summed E-state index contributed by atoms with van der Waals surface area (Å²) in [4.78, 5) is 27.7. The van der Waals surface area contributed by atoms with Gasteiger partial charge in [-0.15, -0.1) is 0 Å². The first kappa shape index (κ1) is 18.3. The van der Waals surface area contributed by atoms with E-state index >= 15 is 0 Å². The highest BCUT2D eigenvalue weighted by atomic mass is 16.2. The van der Waals surface area contributed by atoms with Gasteiger partial charge in [0.15, 0.2) is 0 Å². The summed E-state index contributed by atoms with van der Waals surface area (Å²) in [5, 5.41) is 3.17. The molecule has 1 N–H and O–H groups in total. The summed E-state index contributed by atoms with van der Waals surface area (Å²) in [6.45, 7) is 6.53. The fourth-order valence-corrected chi connectivity index (χ4v) is 3.94. The largest absolute Gasteiger partial charge is 0.352 e. The molecule has 1 atom stereocenters. The summed E-state index contributed by atoms with van der Waals surface area (Å²) in [6.07, 6.45) is 11.3. The zero-order valence-electron chi connectivity index (χ0n) is 15.2. The lowest BCUT2D eigenvalue weighted by Crippen LogP contribution is -2.55. The van der Waals surface area contributed by atoms with E-state index in [1.165, 1.54) is 32.1 Å². The Morgan fingerprint density at radius 1 is 1.00 bits per heavy atom. The highest BCUT2D eigenvalue weighted by Crippen LogP contribution is 2.28. The molecule has 0 aromatic carbocycles. The van der Waals surface area contributed by atoms with Gasteiger partial charge < -0.3 is 10.2 Å². The van der Waals surface area contributed by atoms with E-state index in [0.29, 0.717) is 6.04 Å². The molecule has 1 saturated carbocycles. The first-order valence-electron chi connectivity index (χ1n) is 9.59. The second kappa shape index (κ2) is 8.16. The van der Waals surface area contributed by atoms with Crippen LogP contribution in [0.25, 0.3) is 0 Å². The van der Waals surface area contributed by atoms with E-state index in [1.54, 1.807) is 13.8 Å². The van der Waals surface area contributed by atoms with Crippen LogP contribution in [0.3, 0.4) is 0 Å². The molecule has 0 aromatic rings.